The van der Waals surface area contributed by atoms with Gasteiger partial charge in [-0.2, -0.15) is 4.98 Å². The van der Waals surface area contributed by atoms with E-state index in [-0.39, 0.29) is 17.6 Å². The Bertz CT molecular complexity index is 738. The minimum Gasteiger partial charge on any atom is -0.369 e. The molecular formula is C16H21N5O4. The Hall–Kier alpha value is -2.26. The van der Waals surface area contributed by atoms with Crippen LogP contribution in [0.4, 0.5) is 0 Å². The SMILES string of the molecule is CCc1noc(C(C)N2CC3(CN(C(=O)c4ccon4)CCO3)C2)n1. The van der Waals surface area contributed by atoms with Crippen LogP contribution in [-0.2, 0) is 11.2 Å². The van der Waals surface area contributed by atoms with Crippen LogP contribution in [0, 0.1) is 0 Å². The van der Waals surface area contributed by atoms with Crippen molar-refractivity contribution in [2.45, 2.75) is 31.9 Å². The Morgan fingerprint density at radius 3 is 2.88 bits per heavy atom. The molecule has 1 atom stereocenters. The summed E-state index contributed by atoms with van der Waals surface area (Å²) >= 11 is 0. The van der Waals surface area contributed by atoms with Crippen LogP contribution < -0.4 is 0 Å². The zero-order chi connectivity index (χ0) is 17.4. The number of hydrogen-bond donors (Lipinski definition) is 0. The van der Waals surface area contributed by atoms with Crippen molar-refractivity contribution >= 4 is 5.91 Å². The molecule has 0 aromatic carbocycles. The number of carbonyl (C=O) groups is 1. The highest BCUT2D eigenvalue weighted by molar-refractivity contribution is 5.92. The standard InChI is InChI=1S/C16H21N5O4/c1-3-13-17-14(25-19-13)11(2)21-9-16(10-21)8-20(5-7-23-16)15(22)12-4-6-24-18-12/h4,6,11H,3,5,7-10H2,1-2H3. The number of aryl methyl sites for hydroxylation is 1. The molecule has 0 radical (unpaired) electrons. The fourth-order valence-corrected chi connectivity index (χ4v) is 3.40. The van der Waals surface area contributed by atoms with Crippen LogP contribution in [0.15, 0.2) is 21.4 Å². The number of amides is 1. The third-order valence-electron chi connectivity index (χ3n) is 4.88. The van der Waals surface area contributed by atoms with Crippen LogP contribution in [-0.4, -0.2) is 69.4 Å². The van der Waals surface area contributed by atoms with E-state index in [1.807, 2.05) is 13.8 Å². The molecule has 2 fully saturated rings. The number of aromatic nitrogens is 3. The molecular weight excluding hydrogens is 326 g/mol. The second-order valence-electron chi connectivity index (χ2n) is 6.63. The lowest BCUT2D eigenvalue weighted by Gasteiger charge is -2.55. The molecule has 4 rings (SSSR count). The monoisotopic (exact) mass is 347 g/mol. The van der Waals surface area contributed by atoms with Gasteiger partial charge in [0, 0.05) is 32.1 Å². The quantitative estimate of drug-likeness (QED) is 0.805. The highest BCUT2D eigenvalue weighted by Gasteiger charge is 2.50. The van der Waals surface area contributed by atoms with Gasteiger partial charge in [0.05, 0.1) is 19.2 Å². The van der Waals surface area contributed by atoms with Crippen LogP contribution in [0.5, 0.6) is 0 Å². The Labute approximate surface area is 144 Å². The van der Waals surface area contributed by atoms with Crippen LogP contribution >= 0.6 is 0 Å². The van der Waals surface area contributed by atoms with Gasteiger partial charge in [-0.05, 0) is 6.92 Å². The largest absolute Gasteiger partial charge is 0.369 e. The van der Waals surface area contributed by atoms with Crippen LogP contribution in [0.1, 0.15) is 42.1 Å². The first kappa shape index (κ1) is 16.2. The van der Waals surface area contributed by atoms with Gasteiger partial charge < -0.3 is 18.7 Å². The van der Waals surface area contributed by atoms with Crippen molar-refractivity contribution in [3.05, 3.63) is 29.7 Å². The number of likely N-dealkylation sites (tertiary alicyclic amines) is 1. The molecule has 2 aromatic heterocycles. The molecule has 1 unspecified atom stereocenters. The van der Waals surface area contributed by atoms with E-state index in [2.05, 4.69) is 20.2 Å². The zero-order valence-electron chi connectivity index (χ0n) is 14.3. The summed E-state index contributed by atoms with van der Waals surface area (Å²) in [5, 5.41) is 7.68. The highest BCUT2D eigenvalue weighted by atomic mass is 16.5. The van der Waals surface area contributed by atoms with E-state index < -0.39 is 0 Å². The lowest BCUT2D eigenvalue weighted by Crippen LogP contribution is -2.70. The second kappa shape index (κ2) is 6.23. The maximum Gasteiger partial charge on any atom is 0.276 e. The third kappa shape index (κ3) is 2.93. The van der Waals surface area contributed by atoms with Gasteiger partial charge in [0.25, 0.3) is 5.91 Å². The van der Waals surface area contributed by atoms with Crippen molar-refractivity contribution < 1.29 is 18.6 Å². The van der Waals surface area contributed by atoms with E-state index >= 15 is 0 Å². The first-order valence-corrected chi connectivity index (χ1v) is 8.50. The maximum atomic E-state index is 12.5. The van der Waals surface area contributed by atoms with Gasteiger partial charge in [0.2, 0.25) is 5.89 Å². The molecule has 1 amide bonds. The van der Waals surface area contributed by atoms with Crippen molar-refractivity contribution in [1.82, 2.24) is 25.1 Å². The second-order valence-corrected chi connectivity index (χ2v) is 6.63. The summed E-state index contributed by atoms with van der Waals surface area (Å²) in [7, 11) is 0. The average molecular weight is 347 g/mol. The fourth-order valence-electron chi connectivity index (χ4n) is 3.40. The summed E-state index contributed by atoms with van der Waals surface area (Å²) in [4.78, 5) is 20.9. The van der Waals surface area contributed by atoms with Gasteiger partial charge in [-0.15, -0.1) is 0 Å². The smallest absolute Gasteiger partial charge is 0.276 e. The molecule has 0 aliphatic carbocycles. The molecule has 134 valence electrons. The molecule has 4 heterocycles. The predicted molar refractivity (Wildman–Crippen MR) is 84.8 cm³/mol. The first-order chi connectivity index (χ1) is 12.1. The molecule has 0 N–H and O–H groups in total. The molecule has 2 aliphatic heterocycles. The summed E-state index contributed by atoms with van der Waals surface area (Å²) in [6, 6.07) is 1.61. The summed E-state index contributed by atoms with van der Waals surface area (Å²) in [5.41, 5.74) is -0.000897. The first-order valence-electron chi connectivity index (χ1n) is 8.50. The molecule has 9 nitrogen and oxygen atoms in total. The Morgan fingerprint density at radius 2 is 2.20 bits per heavy atom. The molecule has 2 saturated heterocycles. The molecule has 0 saturated carbocycles. The molecule has 1 spiro atoms. The molecule has 2 aliphatic rings. The van der Waals surface area contributed by atoms with E-state index in [4.69, 9.17) is 13.8 Å². The lowest BCUT2D eigenvalue weighted by molar-refractivity contribution is -0.187. The maximum absolute atomic E-state index is 12.5. The minimum atomic E-state index is -0.334. The van der Waals surface area contributed by atoms with Gasteiger partial charge in [-0.1, -0.05) is 17.2 Å². The number of nitrogens with zero attached hydrogens (tertiary/aromatic N) is 5. The highest BCUT2D eigenvalue weighted by Crippen LogP contribution is 2.35. The summed E-state index contributed by atoms with van der Waals surface area (Å²) in [6.07, 6.45) is 2.16. The topological polar surface area (TPSA) is 97.7 Å². The normalized spacial score (nSPS) is 21.3. The molecule has 25 heavy (non-hydrogen) atoms. The Morgan fingerprint density at radius 1 is 1.36 bits per heavy atom. The number of carbonyl (C=O) groups excluding carboxylic acids is 1. The van der Waals surface area contributed by atoms with Gasteiger partial charge in [0.1, 0.15) is 11.9 Å². The number of ether oxygens (including phenoxy) is 1. The van der Waals surface area contributed by atoms with Crippen molar-refractivity contribution in [3.63, 3.8) is 0 Å². The Kier molecular flexibility index (Phi) is 4.04. The number of rotatable bonds is 4. The van der Waals surface area contributed by atoms with E-state index in [0.717, 1.165) is 25.3 Å². The summed E-state index contributed by atoms with van der Waals surface area (Å²) in [6.45, 7) is 7.11. The van der Waals surface area contributed by atoms with Gasteiger partial charge in [0.15, 0.2) is 11.5 Å². The molecule has 0 bridgehead atoms. The minimum absolute atomic E-state index is 0.0312. The zero-order valence-corrected chi connectivity index (χ0v) is 14.3. The summed E-state index contributed by atoms with van der Waals surface area (Å²) < 4.78 is 16.1. The fraction of sp³-hybridized carbons (Fsp3) is 0.625. The van der Waals surface area contributed by atoms with E-state index in [9.17, 15) is 4.79 Å². The molecule has 2 aromatic rings. The lowest BCUT2D eigenvalue weighted by atomic mass is 9.90. The van der Waals surface area contributed by atoms with Gasteiger partial charge in [-0.25, -0.2) is 0 Å². The van der Waals surface area contributed by atoms with Crippen molar-refractivity contribution in [2.24, 2.45) is 0 Å². The van der Waals surface area contributed by atoms with E-state index in [1.165, 1.54) is 6.26 Å². The van der Waals surface area contributed by atoms with Crippen molar-refractivity contribution in [3.8, 4) is 0 Å². The Balaban J connectivity index is 1.38. The van der Waals surface area contributed by atoms with Crippen LogP contribution in [0.25, 0.3) is 0 Å². The van der Waals surface area contributed by atoms with E-state index in [1.54, 1.807) is 11.0 Å². The van der Waals surface area contributed by atoms with E-state index in [0.29, 0.717) is 31.3 Å². The van der Waals surface area contributed by atoms with Gasteiger partial charge >= 0.3 is 0 Å². The number of hydrogen-bond acceptors (Lipinski definition) is 8. The van der Waals surface area contributed by atoms with Crippen LogP contribution in [0.2, 0.25) is 0 Å². The van der Waals surface area contributed by atoms with Crippen molar-refractivity contribution in [1.29, 1.82) is 0 Å². The van der Waals surface area contributed by atoms with Crippen LogP contribution in [0.3, 0.4) is 0 Å². The van der Waals surface area contributed by atoms with Crippen molar-refractivity contribution in [2.75, 3.05) is 32.8 Å². The number of morpholine rings is 1. The predicted octanol–water partition coefficient (Wildman–Crippen LogP) is 0.908. The van der Waals surface area contributed by atoms with Gasteiger partial charge in [-0.3, -0.25) is 9.69 Å². The molecule has 9 heteroatoms. The third-order valence-corrected chi connectivity index (χ3v) is 4.88. The average Bonchev–Trinajstić information content (AvgIpc) is 3.29. The summed E-state index contributed by atoms with van der Waals surface area (Å²) in [5.74, 6) is 1.22.